The number of esters is 2. The van der Waals surface area contributed by atoms with Gasteiger partial charge >= 0.3 is 19.8 Å². The molecule has 0 aliphatic rings. The van der Waals surface area contributed by atoms with Crippen LogP contribution in [0, 0.1) is 0 Å². The highest BCUT2D eigenvalue weighted by Crippen LogP contribution is 2.43. The van der Waals surface area contributed by atoms with E-state index in [4.69, 9.17) is 24.3 Å². The van der Waals surface area contributed by atoms with E-state index in [9.17, 15) is 19.0 Å². The van der Waals surface area contributed by atoms with Gasteiger partial charge in [0.25, 0.3) is 0 Å². The van der Waals surface area contributed by atoms with Gasteiger partial charge in [0, 0.05) is 19.4 Å². The first-order valence-electron chi connectivity index (χ1n) is 26.0. The van der Waals surface area contributed by atoms with E-state index < -0.39 is 26.5 Å². The van der Waals surface area contributed by atoms with Crippen LogP contribution < -0.4 is 5.73 Å². The third-order valence-corrected chi connectivity index (χ3v) is 12.7. The Bertz CT molecular complexity index is 953. The van der Waals surface area contributed by atoms with Gasteiger partial charge in [0.05, 0.1) is 13.2 Å². The largest absolute Gasteiger partial charge is 0.472 e. The maximum absolute atomic E-state index is 12.6. The molecule has 2 atom stereocenters. The molecule has 0 heterocycles. The standard InChI is InChI=1S/C50H100NO8P/c1-3-5-7-9-11-13-15-17-18-19-20-21-22-23-24-25-26-27-28-29-31-33-35-37-39-41-43-50(53)59-48(47-58-60(54,55)57-45-44-51)46-56-49(52)42-40-38-36-34-32-30-16-14-12-10-8-6-4-2/h48H,3-47,51H2,1-2H3,(H,54,55). The summed E-state index contributed by atoms with van der Waals surface area (Å²) in [5.41, 5.74) is 5.36. The highest BCUT2D eigenvalue weighted by Gasteiger charge is 2.26. The minimum atomic E-state index is -4.37. The van der Waals surface area contributed by atoms with Crippen LogP contribution in [0.5, 0.6) is 0 Å². The number of hydrogen-bond donors (Lipinski definition) is 2. The number of hydrogen-bond acceptors (Lipinski definition) is 8. The van der Waals surface area contributed by atoms with Gasteiger partial charge in [-0.15, -0.1) is 0 Å². The lowest BCUT2D eigenvalue weighted by atomic mass is 10.0. The van der Waals surface area contributed by atoms with Crippen LogP contribution in [0.3, 0.4) is 0 Å². The molecule has 0 aromatic rings. The van der Waals surface area contributed by atoms with Gasteiger partial charge in [0.2, 0.25) is 0 Å². The molecule has 0 aromatic heterocycles. The SMILES string of the molecule is CCCCCCCCCCCCCCCCCCCCCCCCCCCCC(=O)OC(COC(=O)CCCCCCCCCCCCCCC)COP(=O)(O)OCCN. The predicted octanol–water partition coefficient (Wildman–Crippen LogP) is 15.6. The Labute approximate surface area is 371 Å². The van der Waals surface area contributed by atoms with Crippen LogP contribution in [0.1, 0.15) is 277 Å². The summed E-state index contributed by atoms with van der Waals surface area (Å²) in [6, 6.07) is 0. The fourth-order valence-electron chi connectivity index (χ4n) is 7.87. The second-order valence-corrected chi connectivity index (χ2v) is 19.2. The fourth-order valence-corrected chi connectivity index (χ4v) is 8.64. The van der Waals surface area contributed by atoms with Crippen LogP contribution in [-0.2, 0) is 32.7 Å². The molecule has 60 heavy (non-hydrogen) atoms. The van der Waals surface area contributed by atoms with Crippen molar-refractivity contribution in [1.82, 2.24) is 0 Å². The van der Waals surface area contributed by atoms with Crippen LogP contribution in [0.2, 0.25) is 0 Å². The van der Waals surface area contributed by atoms with Gasteiger partial charge in [-0.2, -0.15) is 0 Å². The summed E-state index contributed by atoms with van der Waals surface area (Å²) in [6.45, 7) is 3.79. The summed E-state index contributed by atoms with van der Waals surface area (Å²) in [6.07, 6.45) is 50.1. The maximum Gasteiger partial charge on any atom is 0.472 e. The van der Waals surface area contributed by atoms with Crippen molar-refractivity contribution in [1.29, 1.82) is 0 Å². The second kappa shape index (κ2) is 47.5. The minimum absolute atomic E-state index is 0.0583. The van der Waals surface area contributed by atoms with Gasteiger partial charge in [-0.3, -0.25) is 18.6 Å². The molecule has 0 radical (unpaired) electrons. The summed E-state index contributed by atoms with van der Waals surface area (Å²) in [5, 5.41) is 0. The molecule has 0 aliphatic carbocycles. The number of nitrogens with two attached hydrogens (primary N) is 1. The molecule has 9 nitrogen and oxygen atoms in total. The Morgan fingerprint density at radius 3 is 1.02 bits per heavy atom. The van der Waals surface area contributed by atoms with E-state index in [1.807, 2.05) is 0 Å². The zero-order chi connectivity index (χ0) is 43.9. The summed E-state index contributed by atoms with van der Waals surface area (Å²) < 4.78 is 32.9. The van der Waals surface area contributed by atoms with Crippen molar-refractivity contribution in [3.05, 3.63) is 0 Å². The summed E-state index contributed by atoms with van der Waals surface area (Å²) in [7, 11) is -4.37. The van der Waals surface area contributed by atoms with E-state index in [2.05, 4.69) is 13.8 Å². The molecule has 0 rings (SSSR count). The van der Waals surface area contributed by atoms with Gasteiger partial charge in [-0.1, -0.05) is 251 Å². The Morgan fingerprint density at radius 1 is 0.433 bits per heavy atom. The molecule has 10 heteroatoms. The molecule has 358 valence electrons. The number of phosphoric acid groups is 1. The molecule has 0 aliphatic heterocycles. The molecule has 2 unspecified atom stereocenters. The van der Waals surface area contributed by atoms with Crippen molar-refractivity contribution in [3.63, 3.8) is 0 Å². The zero-order valence-corrected chi connectivity index (χ0v) is 40.6. The number of phosphoric ester groups is 1. The lowest BCUT2D eigenvalue weighted by Gasteiger charge is -2.19. The van der Waals surface area contributed by atoms with Gasteiger partial charge in [0.15, 0.2) is 6.10 Å². The average Bonchev–Trinajstić information content (AvgIpc) is 3.24. The van der Waals surface area contributed by atoms with E-state index in [0.717, 1.165) is 32.1 Å². The highest BCUT2D eigenvalue weighted by atomic mass is 31.2. The van der Waals surface area contributed by atoms with E-state index >= 15 is 0 Å². The van der Waals surface area contributed by atoms with Crippen molar-refractivity contribution in [2.45, 2.75) is 283 Å². The molecule has 0 fully saturated rings. The Hall–Kier alpha value is -0.990. The van der Waals surface area contributed by atoms with Crippen LogP contribution in [0.25, 0.3) is 0 Å². The molecule has 0 amide bonds. The molecule has 0 aromatic carbocycles. The van der Waals surface area contributed by atoms with Crippen LogP contribution in [0.15, 0.2) is 0 Å². The third-order valence-electron chi connectivity index (χ3n) is 11.7. The van der Waals surface area contributed by atoms with E-state index in [0.29, 0.717) is 6.42 Å². The Kier molecular flexibility index (Phi) is 46.7. The van der Waals surface area contributed by atoms with Gasteiger partial charge < -0.3 is 20.1 Å². The molecule has 0 spiro atoms. The van der Waals surface area contributed by atoms with Crippen LogP contribution >= 0.6 is 7.82 Å². The average molecular weight is 874 g/mol. The minimum Gasteiger partial charge on any atom is -0.462 e. The van der Waals surface area contributed by atoms with Crippen molar-refractivity contribution in [2.75, 3.05) is 26.4 Å². The number of carbonyl (C=O) groups excluding carboxylic acids is 2. The molecule has 0 saturated heterocycles. The first-order chi connectivity index (χ1) is 29.3. The van der Waals surface area contributed by atoms with Crippen LogP contribution in [0.4, 0.5) is 0 Å². The van der Waals surface area contributed by atoms with E-state index in [1.165, 1.54) is 212 Å². The third kappa shape index (κ3) is 46.5. The number of ether oxygens (including phenoxy) is 2. The normalized spacial score (nSPS) is 13.1. The van der Waals surface area contributed by atoms with Crippen molar-refractivity contribution in [3.8, 4) is 0 Å². The molecular weight excluding hydrogens is 774 g/mol. The Morgan fingerprint density at radius 2 is 0.717 bits per heavy atom. The molecular formula is C50H100NO8P. The number of unbranched alkanes of at least 4 members (excludes halogenated alkanes) is 37. The summed E-state index contributed by atoms with van der Waals surface area (Å²) in [4.78, 5) is 35.0. The van der Waals surface area contributed by atoms with Gasteiger partial charge in [0.1, 0.15) is 6.61 Å². The fraction of sp³-hybridized carbons (Fsp3) is 0.960. The molecule has 0 bridgehead atoms. The maximum atomic E-state index is 12.6. The first-order valence-corrected chi connectivity index (χ1v) is 27.5. The molecule has 0 saturated carbocycles. The first kappa shape index (κ1) is 59.0. The highest BCUT2D eigenvalue weighted by molar-refractivity contribution is 7.47. The van der Waals surface area contributed by atoms with Crippen molar-refractivity contribution in [2.24, 2.45) is 5.73 Å². The summed E-state index contributed by atoms with van der Waals surface area (Å²) in [5.74, 6) is -0.808. The second-order valence-electron chi connectivity index (χ2n) is 17.8. The number of carbonyl (C=O) groups is 2. The number of rotatable bonds is 50. The van der Waals surface area contributed by atoms with E-state index in [1.54, 1.807) is 0 Å². The smallest absolute Gasteiger partial charge is 0.462 e. The Balaban J connectivity index is 3.90. The van der Waals surface area contributed by atoms with Crippen molar-refractivity contribution < 1.29 is 37.6 Å². The zero-order valence-electron chi connectivity index (χ0n) is 39.7. The monoisotopic (exact) mass is 874 g/mol. The van der Waals surface area contributed by atoms with Gasteiger partial charge in [-0.05, 0) is 12.8 Å². The van der Waals surface area contributed by atoms with Crippen molar-refractivity contribution >= 4 is 19.8 Å². The van der Waals surface area contributed by atoms with Crippen LogP contribution in [-0.4, -0.2) is 49.3 Å². The van der Waals surface area contributed by atoms with Gasteiger partial charge in [-0.25, -0.2) is 4.57 Å². The quantitative estimate of drug-likeness (QED) is 0.0348. The molecule has 3 N–H and O–H groups in total. The van der Waals surface area contributed by atoms with E-state index in [-0.39, 0.29) is 38.6 Å². The predicted molar refractivity (Wildman–Crippen MR) is 252 cm³/mol. The summed E-state index contributed by atoms with van der Waals surface area (Å²) >= 11 is 0. The lowest BCUT2D eigenvalue weighted by molar-refractivity contribution is -0.161. The lowest BCUT2D eigenvalue weighted by Crippen LogP contribution is -2.29. The topological polar surface area (TPSA) is 134 Å².